The number of carbonyl (C=O) groups is 2. The second-order valence-corrected chi connectivity index (χ2v) is 14.1. The van der Waals surface area contributed by atoms with Crippen molar-refractivity contribution in [2.75, 3.05) is 43.5 Å². The van der Waals surface area contributed by atoms with E-state index < -0.39 is 35.4 Å². The number of hydrogen-bond donors (Lipinski definition) is 3. The quantitative estimate of drug-likeness (QED) is 0.162. The van der Waals surface area contributed by atoms with Crippen LogP contribution < -0.4 is 25.8 Å². The number of hydrogen-bond acceptors (Lipinski definition) is 8. The van der Waals surface area contributed by atoms with Crippen LogP contribution in [0.5, 0.6) is 5.75 Å². The van der Waals surface area contributed by atoms with E-state index >= 15 is 4.39 Å². The van der Waals surface area contributed by atoms with Crippen LogP contribution in [0.4, 0.5) is 28.9 Å². The molecule has 5 heterocycles. The smallest absolute Gasteiger partial charge is 0.418 e. The van der Waals surface area contributed by atoms with E-state index in [4.69, 9.17) is 4.74 Å². The molecule has 7 rings (SSSR count). The first-order valence-corrected chi connectivity index (χ1v) is 17.6. The first kappa shape index (κ1) is 35.5. The number of piperidine rings is 3. The molecule has 3 fully saturated rings. The van der Waals surface area contributed by atoms with Crippen molar-refractivity contribution in [1.29, 1.82) is 0 Å². The Morgan fingerprint density at radius 2 is 1.69 bits per heavy atom. The van der Waals surface area contributed by atoms with Gasteiger partial charge < -0.3 is 19.5 Å². The fraction of sp³-hybridized carbons (Fsp3) is 0.459. The Bertz CT molecular complexity index is 2050. The van der Waals surface area contributed by atoms with E-state index in [-0.39, 0.29) is 29.8 Å². The van der Waals surface area contributed by atoms with Crippen LogP contribution in [0.1, 0.15) is 49.7 Å². The van der Waals surface area contributed by atoms with Gasteiger partial charge in [0.1, 0.15) is 23.1 Å². The molecule has 11 nitrogen and oxygen atoms in total. The summed E-state index contributed by atoms with van der Waals surface area (Å²) in [5, 5.41) is 12.4. The largest absolute Gasteiger partial charge is 0.496 e. The number of halogens is 4. The van der Waals surface area contributed by atoms with Crippen LogP contribution in [-0.2, 0) is 29.4 Å². The lowest BCUT2D eigenvalue weighted by molar-refractivity contribution is -0.137. The number of aryl methyl sites for hydroxylation is 1. The van der Waals surface area contributed by atoms with Gasteiger partial charge in [-0.3, -0.25) is 29.7 Å². The van der Waals surface area contributed by atoms with E-state index in [2.05, 4.69) is 25.7 Å². The summed E-state index contributed by atoms with van der Waals surface area (Å²) in [5.41, 5.74) is 1.38. The van der Waals surface area contributed by atoms with Crippen LogP contribution in [0.3, 0.4) is 0 Å². The highest BCUT2D eigenvalue weighted by molar-refractivity contribution is 6.01. The Morgan fingerprint density at radius 3 is 2.37 bits per heavy atom. The molecule has 3 saturated heterocycles. The van der Waals surface area contributed by atoms with Gasteiger partial charge in [-0.1, -0.05) is 0 Å². The molecule has 0 radical (unpaired) electrons. The van der Waals surface area contributed by atoms with Gasteiger partial charge in [-0.05, 0) is 92.9 Å². The number of aromatic amines is 1. The minimum atomic E-state index is -4.59. The second kappa shape index (κ2) is 14.2. The average Bonchev–Trinajstić information content (AvgIpc) is 3.62. The topological polar surface area (TPSA) is 125 Å². The monoisotopic (exact) mass is 723 g/mol. The first-order chi connectivity index (χ1) is 24.9. The lowest BCUT2D eigenvalue weighted by atomic mass is 9.78. The molecular formula is C37H41F4N7O4. The van der Waals surface area contributed by atoms with Crippen molar-refractivity contribution in [2.45, 2.75) is 57.3 Å². The summed E-state index contributed by atoms with van der Waals surface area (Å²) in [5.74, 6) is -0.0946. The van der Waals surface area contributed by atoms with Gasteiger partial charge in [0.25, 0.3) is 5.56 Å². The van der Waals surface area contributed by atoms with Gasteiger partial charge in [-0.2, -0.15) is 18.3 Å². The van der Waals surface area contributed by atoms with E-state index in [1.54, 1.807) is 36.5 Å². The van der Waals surface area contributed by atoms with Crippen LogP contribution in [0.15, 0.2) is 47.5 Å². The highest BCUT2D eigenvalue weighted by Crippen LogP contribution is 2.42. The fourth-order valence-electron chi connectivity index (χ4n) is 8.06. The number of nitrogens with zero attached hydrogens (tertiary/aromatic N) is 4. The standard InChI is InChI=1S/C37H41F4N7O4/c1-46-19-26(25-18-42-45-34(25)36(46)51)23-15-29(38)27(32(16-23)52-2)20-47-11-7-21(8-12-47)22-9-13-48(14-10-22)31-5-3-24(17-28(31)37(39,40)41)43-30-4-6-33(49)44-35(30)50/h3,5,15-19,21-22,30,43H,4,6-14,20H2,1-2H3,(H,42,45)(H,44,49,50). The van der Waals surface area contributed by atoms with Crippen LogP contribution in [0.25, 0.3) is 22.0 Å². The Morgan fingerprint density at radius 1 is 0.981 bits per heavy atom. The van der Waals surface area contributed by atoms with E-state index in [1.807, 2.05) is 0 Å². The number of rotatable bonds is 8. The second-order valence-electron chi connectivity index (χ2n) is 14.1. The summed E-state index contributed by atoms with van der Waals surface area (Å²) in [6, 6.07) is 6.56. The zero-order valence-electron chi connectivity index (χ0n) is 29.0. The summed E-state index contributed by atoms with van der Waals surface area (Å²) in [6.45, 7) is 2.92. The lowest BCUT2D eigenvalue weighted by Gasteiger charge is -2.41. The summed E-state index contributed by atoms with van der Waals surface area (Å²) < 4.78 is 65.6. The van der Waals surface area contributed by atoms with Crippen LogP contribution >= 0.6 is 0 Å². The summed E-state index contributed by atoms with van der Waals surface area (Å²) >= 11 is 0. The zero-order chi connectivity index (χ0) is 36.7. The molecule has 1 atom stereocenters. The van der Waals surface area contributed by atoms with Gasteiger partial charge in [0.05, 0.1) is 18.9 Å². The van der Waals surface area contributed by atoms with Crippen molar-refractivity contribution in [3.05, 3.63) is 70.0 Å². The molecule has 3 N–H and O–H groups in total. The van der Waals surface area contributed by atoms with Crippen molar-refractivity contribution >= 4 is 34.1 Å². The average molecular weight is 724 g/mol. The Labute approximate surface area is 297 Å². The number of alkyl halides is 3. The van der Waals surface area contributed by atoms with Gasteiger partial charge >= 0.3 is 6.18 Å². The van der Waals surface area contributed by atoms with Gasteiger partial charge in [0.2, 0.25) is 11.8 Å². The van der Waals surface area contributed by atoms with Crippen LogP contribution in [0, 0.1) is 17.7 Å². The molecule has 0 spiro atoms. The number of nitrogens with one attached hydrogen (secondary N) is 3. The maximum absolute atomic E-state index is 15.7. The van der Waals surface area contributed by atoms with Gasteiger partial charge in [-0.25, -0.2) is 4.39 Å². The highest BCUT2D eigenvalue weighted by atomic mass is 19.4. The number of carbonyl (C=O) groups excluding carboxylic acids is 2. The Kier molecular flexibility index (Phi) is 9.72. The van der Waals surface area contributed by atoms with Crippen LogP contribution in [0.2, 0.25) is 0 Å². The van der Waals surface area contributed by atoms with Crippen molar-refractivity contribution in [3.8, 4) is 16.9 Å². The number of benzene rings is 2. The summed E-state index contributed by atoms with van der Waals surface area (Å²) in [4.78, 5) is 40.1. The van der Waals surface area contributed by atoms with Crippen molar-refractivity contribution in [2.24, 2.45) is 18.9 Å². The number of pyridine rings is 1. The number of amides is 2. The minimum Gasteiger partial charge on any atom is -0.496 e. The van der Waals surface area contributed by atoms with Gasteiger partial charge in [0, 0.05) is 67.2 Å². The van der Waals surface area contributed by atoms with Gasteiger partial charge in [0.15, 0.2) is 0 Å². The molecule has 0 aliphatic carbocycles. The first-order valence-electron chi connectivity index (χ1n) is 17.6. The number of methoxy groups -OCH3 is 1. The third-order valence-electron chi connectivity index (χ3n) is 10.9. The molecule has 3 aliphatic rings. The Balaban J connectivity index is 0.965. The third kappa shape index (κ3) is 7.10. The molecule has 0 saturated carbocycles. The molecule has 0 bridgehead atoms. The van der Waals surface area contributed by atoms with Crippen LogP contribution in [-0.4, -0.2) is 70.8 Å². The van der Waals surface area contributed by atoms with Crippen molar-refractivity contribution in [1.82, 2.24) is 25.0 Å². The number of likely N-dealkylation sites (tertiary alicyclic amines) is 1. The van der Waals surface area contributed by atoms with E-state index in [9.17, 15) is 27.6 Å². The third-order valence-corrected chi connectivity index (χ3v) is 10.9. The maximum Gasteiger partial charge on any atom is 0.418 e. The molecule has 52 heavy (non-hydrogen) atoms. The molecule has 3 aliphatic heterocycles. The molecule has 2 amide bonds. The summed E-state index contributed by atoms with van der Waals surface area (Å²) in [7, 11) is 3.15. The molecular weight excluding hydrogens is 682 g/mol. The SMILES string of the molecule is COc1cc(-c2cn(C)c(=O)c3[nH]ncc23)cc(F)c1CN1CCC(C2CCN(c3ccc(NC4CCC(=O)NC4=O)cc3C(F)(F)F)CC2)CC1. The van der Waals surface area contributed by atoms with Crippen molar-refractivity contribution < 1.29 is 31.9 Å². The minimum absolute atomic E-state index is 0.125. The predicted molar refractivity (Wildman–Crippen MR) is 187 cm³/mol. The summed E-state index contributed by atoms with van der Waals surface area (Å²) in [6.07, 6.45) is 2.36. The lowest BCUT2D eigenvalue weighted by Crippen LogP contribution is -2.47. The molecule has 15 heteroatoms. The van der Waals surface area contributed by atoms with Gasteiger partial charge in [-0.15, -0.1) is 0 Å². The maximum atomic E-state index is 15.7. The fourth-order valence-corrected chi connectivity index (χ4v) is 8.06. The molecule has 4 aromatic rings. The highest BCUT2D eigenvalue weighted by Gasteiger charge is 2.38. The zero-order valence-corrected chi connectivity index (χ0v) is 29.0. The number of imide groups is 1. The molecule has 2 aromatic heterocycles. The van der Waals surface area contributed by atoms with Crippen molar-refractivity contribution in [3.63, 3.8) is 0 Å². The number of H-pyrrole nitrogens is 1. The number of ether oxygens (including phenoxy) is 1. The molecule has 2 aromatic carbocycles. The van der Waals surface area contributed by atoms with E-state index in [0.717, 1.165) is 44.8 Å². The number of aromatic nitrogens is 3. The molecule has 1 unspecified atom stereocenters. The predicted octanol–water partition coefficient (Wildman–Crippen LogP) is 5.44. The molecule has 276 valence electrons. The van der Waals surface area contributed by atoms with E-state index in [0.29, 0.717) is 64.8 Å². The normalized spacial score (nSPS) is 19.7. The number of fused-ring (bicyclic) bond motifs is 1. The Hall–Kier alpha value is -4.92. The van der Waals surface area contributed by atoms with E-state index in [1.165, 1.54) is 23.8 Å². The number of anilines is 2.